The van der Waals surface area contributed by atoms with Crippen molar-refractivity contribution >= 4 is 0 Å². The fourth-order valence-corrected chi connectivity index (χ4v) is 1.75. The maximum absolute atomic E-state index is 4.24. The fraction of sp³-hybridized carbons (Fsp3) is 0.615. The number of rotatable bonds is 5. The molecule has 84 valence electrons. The third-order valence-electron chi connectivity index (χ3n) is 2.68. The van der Waals surface area contributed by atoms with Gasteiger partial charge in [0.15, 0.2) is 0 Å². The summed E-state index contributed by atoms with van der Waals surface area (Å²) in [6.07, 6.45) is 6.30. The number of aryl methyl sites for hydroxylation is 1. The highest BCUT2D eigenvalue weighted by Gasteiger charge is 2.10. The van der Waals surface area contributed by atoms with Gasteiger partial charge >= 0.3 is 0 Å². The summed E-state index contributed by atoms with van der Waals surface area (Å²) in [5.41, 5.74) is 2.54. The smallest absolute Gasteiger partial charge is 0.0333 e. The van der Waals surface area contributed by atoms with Crippen LogP contribution in [-0.2, 0) is 0 Å². The van der Waals surface area contributed by atoms with Gasteiger partial charge in [0, 0.05) is 18.4 Å². The van der Waals surface area contributed by atoms with E-state index in [0.717, 1.165) is 5.92 Å². The quantitative estimate of drug-likeness (QED) is 0.800. The molecule has 1 rings (SSSR count). The van der Waals surface area contributed by atoms with E-state index in [1.54, 1.807) is 0 Å². The largest absolute Gasteiger partial charge is 0.313 e. The molecular formula is C13H22N2. The number of nitrogens with zero attached hydrogens (tertiary/aromatic N) is 1. The molecule has 1 aromatic rings. The Morgan fingerprint density at radius 2 is 2.00 bits per heavy atom. The summed E-state index contributed by atoms with van der Waals surface area (Å²) in [6, 6.07) is 2.66. The Kier molecular flexibility index (Phi) is 4.76. The molecule has 1 unspecified atom stereocenters. The number of hydrogen-bond donors (Lipinski definition) is 1. The zero-order chi connectivity index (χ0) is 11.3. The normalized spacial score (nSPS) is 13.1. The lowest BCUT2D eigenvalue weighted by molar-refractivity contribution is 0.464. The molecule has 0 aromatic carbocycles. The van der Waals surface area contributed by atoms with Crippen molar-refractivity contribution in [1.82, 2.24) is 10.3 Å². The van der Waals surface area contributed by atoms with Gasteiger partial charge in [-0.2, -0.15) is 0 Å². The van der Waals surface area contributed by atoms with Gasteiger partial charge in [-0.05, 0) is 43.9 Å². The van der Waals surface area contributed by atoms with E-state index in [0.29, 0.717) is 6.04 Å². The third kappa shape index (κ3) is 4.00. The zero-order valence-electron chi connectivity index (χ0n) is 10.2. The van der Waals surface area contributed by atoms with Crippen LogP contribution in [0.3, 0.4) is 0 Å². The van der Waals surface area contributed by atoms with Crippen molar-refractivity contribution in [2.45, 2.75) is 39.7 Å². The van der Waals surface area contributed by atoms with E-state index in [2.05, 4.69) is 37.1 Å². The van der Waals surface area contributed by atoms with Gasteiger partial charge in [-0.15, -0.1) is 0 Å². The van der Waals surface area contributed by atoms with Crippen LogP contribution in [0.4, 0.5) is 0 Å². The lowest BCUT2D eigenvalue weighted by atomic mass is 9.98. The minimum atomic E-state index is 0.444. The Hall–Kier alpha value is -0.890. The molecule has 15 heavy (non-hydrogen) atoms. The Morgan fingerprint density at radius 1 is 1.27 bits per heavy atom. The SMILES string of the molecule is CNC(CCC(C)C)c1cncc(C)c1. The maximum Gasteiger partial charge on any atom is 0.0333 e. The minimum Gasteiger partial charge on any atom is -0.313 e. The molecule has 0 aliphatic carbocycles. The molecule has 0 bridgehead atoms. The van der Waals surface area contributed by atoms with Crippen LogP contribution in [0, 0.1) is 12.8 Å². The molecule has 2 heteroatoms. The molecular weight excluding hydrogens is 184 g/mol. The van der Waals surface area contributed by atoms with Crippen molar-refractivity contribution in [3.05, 3.63) is 29.6 Å². The van der Waals surface area contributed by atoms with Crippen LogP contribution in [0.15, 0.2) is 18.5 Å². The topological polar surface area (TPSA) is 24.9 Å². The first-order chi connectivity index (χ1) is 7.13. The van der Waals surface area contributed by atoms with Gasteiger partial charge < -0.3 is 5.32 Å². The summed E-state index contributed by atoms with van der Waals surface area (Å²) in [5.74, 6) is 0.763. The van der Waals surface area contributed by atoms with E-state index < -0.39 is 0 Å². The first kappa shape index (κ1) is 12.2. The molecule has 1 aromatic heterocycles. The highest BCUT2D eigenvalue weighted by Crippen LogP contribution is 2.20. The molecule has 0 radical (unpaired) electrons. The zero-order valence-corrected chi connectivity index (χ0v) is 10.2. The summed E-state index contributed by atoms with van der Waals surface area (Å²) in [5, 5.41) is 3.36. The fourth-order valence-electron chi connectivity index (χ4n) is 1.75. The monoisotopic (exact) mass is 206 g/mol. The van der Waals surface area contributed by atoms with E-state index >= 15 is 0 Å². The number of hydrogen-bond acceptors (Lipinski definition) is 2. The van der Waals surface area contributed by atoms with Crippen LogP contribution in [-0.4, -0.2) is 12.0 Å². The van der Waals surface area contributed by atoms with Crippen LogP contribution >= 0.6 is 0 Å². The predicted molar refractivity (Wildman–Crippen MR) is 64.8 cm³/mol. The first-order valence-corrected chi connectivity index (χ1v) is 5.72. The van der Waals surface area contributed by atoms with Crippen LogP contribution in [0.25, 0.3) is 0 Å². The molecule has 0 fully saturated rings. The second-order valence-electron chi connectivity index (χ2n) is 4.61. The van der Waals surface area contributed by atoms with E-state index in [4.69, 9.17) is 0 Å². The number of nitrogens with one attached hydrogen (secondary N) is 1. The molecule has 1 atom stereocenters. The van der Waals surface area contributed by atoms with Crippen LogP contribution in [0.5, 0.6) is 0 Å². The van der Waals surface area contributed by atoms with E-state index in [-0.39, 0.29) is 0 Å². The van der Waals surface area contributed by atoms with Gasteiger partial charge in [-0.1, -0.05) is 19.9 Å². The van der Waals surface area contributed by atoms with Gasteiger partial charge in [-0.3, -0.25) is 4.98 Å². The van der Waals surface area contributed by atoms with Crippen molar-refractivity contribution in [3.8, 4) is 0 Å². The number of aromatic nitrogens is 1. The van der Waals surface area contributed by atoms with E-state index in [1.165, 1.54) is 24.0 Å². The molecule has 0 aliphatic rings. The molecule has 1 heterocycles. The summed E-state index contributed by atoms with van der Waals surface area (Å²) >= 11 is 0. The average molecular weight is 206 g/mol. The third-order valence-corrected chi connectivity index (χ3v) is 2.68. The van der Waals surface area contributed by atoms with Crippen molar-refractivity contribution in [3.63, 3.8) is 0 Å². The molecule has 1 N–H and O–H groups in total. The second kappa shape index (κ2) is 5.86. The van der Waals surface area contributed by atoms with Crippen molar-refractivity contribution in [2.75, 3.05) is 7.05 Å². The minimum absolute atomic E-state index is 0.444. The molecule has 0 saturated carbocycles. The Bertz CT molecular complexity index is 294. The van der Waals surface area contributed by atoms with Gasteiger partial charge in [0.1, 0.15) is 0 Å². The van der Waals surface area contributed by atoms with E-state index in [9.17, 15) is 0 Å². The van der Waals surface area contributed by atoms with Crippen LogP contribution in [0.1, 0.15) is 43.9 Å². The molecule has 0 aliphatic heterocycles. The van der Waals surface area contributed by atoms with E-state index in [1.807, 2.05) is 19.4 Å². The summed E-state index contributed by atoms with van der Waals surface area (Å²) in [4.78, 5) is 4.24. The summed E-state index contributed by atoms with van der Waals surface area (Å²) < 4.78 is 0. The van der Waals surface area contributed by atoms with Gasteiger partial charge in [-0.25, -0.2) is 0 Å². The summed E-state index contributed by atoms with van der Waals surface area (Å²) in [7, 11) is 2.02. The van der Waals surface area contributed by atoms with Gasteiger partial charge in [0.05, 0.1) is 0 Å². The Morgan fingerprint density at radius 3 is 2.53 bits per heavy atom. The van der Waals surface area contributed by atoms with Crippen molar-refractivity contribution in [2.24, 2.45) is 5.92 Å². The Labute approximate surface area is 93.1 Å². The molecule has 2 nitrogen and oxygen atoms in total. The van der Waals surface area contributed by atoms with Crippen LogP contribution in [0.2, 0.25) is 0 Å². The summed E-state index contributed by atoms with van der Waals surface area (Å²) in [6.45, 7) is 6.62. The highest BCUT2D eigenvalue weighted by atomic mass is 14.9. The number of pyridine rings is 1. The molecule has 0 saturated heterocycles. The van der Waals surface area contributed by atoms with Crippen molar-refractivity contribution < 1.29 is 0 Å². The second-order valence-corrected chi connectivity index (χ2v) is 4.61. The lowest BCUT2D eigenvalue weighted by Gasteiger charge is -2.17. The average Bonchev–Trinajstić information content (AvgIpc) is 2.18. The lowest BCUT2D eigenvalue weighted by Crippen LogP contribution is -2.17. The molecule has 0 spiro atoms. The highest BCUT2D eigenvalue weighted by molar-refractivity contribution is 5.19. The van der Waals surface area contributed by atoms with Gasteiger partial charge in [0.25, 0.3) is 0 Å². The molecule has 0 amide bonds. The first-order valence-electron chi connectivity index (χ1n) is 5.72. The predicted octanol–water partition coefficient (Wildman–Crippen LogP) is 3.09. The van der Waals surface area contributed by atoms with Crippen molar-refractivity contribution in [1.29, 1.82) is 0 Å². The van der Waals surface area contributed by atoms with Crippen LogP contribution < -0.4 is 5.32 Å². The standard InChI is InChI=1S/C13H22N2/c1-10(2)5-6-13(14-4)12-7-11(3)8-15-9-12/h7-10,13-14H,5-6H2,1-4H3. The van der Waals surface area contributed by atoms with Gasteiger partial charge in [0.2, 0.25) is 0 Å². The Balaban J connectivity index is 2.65. The maximum atomic E-state index is 4.24.